The fourth-order valence-electron chi connectivity index (χ4n) is 2.30. The molecule has 0 bridgehead atoms. The maximum absolute atomic E-state index is 11.7. The number of hydrogen-bond donors (Lipinski definition) is 2. The molecular formula is C14H26N2O3. The normalized spacial score (nSPS) is 16.1. The van der Waals surface area contributed by atoms with Gasteiger partial charge < -0.3 is 15.4 Å². The molecule has 0 aliphatic heterocycles. The second-order valence-electron chi connectivity index (χ2n) is 4.96. The predicted octanol–water partition coefficient (Wildman–Crippen LogP) is 1.37. The molecule has 110 valence electrons. The summed E-state index contributed by atoms with van der Waals surface area (Å²) in [4.78, 5) is 22.7. The fourth-order valence-corrected chi connectivity index (χ4v) is 2.30. The van der Waals surface area contributed by atoms with E-state index in [9.17, 15) is 9.59 Å². The van der Waals surface area contributed by atoms with E-state index in [4.69, 9.17) is 4.74 Å². The van der Waals surface area contributed by atoms with Gasteiger partial charge in [0.1, 0.15) is 0 Å². The lowest BCUT2D eigenvalue weighted by molar-refractivity contribution is -0.142. The van der Waals surface area contributed by atoms with E-state index in [0.29, 0.717) is 38.6 Å². The summed E-state index contributed by atoms with van der Waals surface area (Å²) in [5, 5.41) is 6.15. The first kappa shape index (κ1) is 16.0. The Labute approximate surface area is 115 Å². The van der Waals surface area contributed by atoms with Crippen LogP contribution >= 0.6 is 0 Å². The van der Waals surface area contributed by atoms with E-state index in [-0.39, 0.29) is 11.9 Å². The highest BCUT2D eigenvalue weighted by Crippen LogP contribution is 2.17. The van der Waals surface area contributed by atoms with Crippen LogP contribution in [0.5, 0.6) is 0 Å². The van der Waals surface area contributed by atoms with E-state index in [1.165, 1.54) is 19.3 Å². The van der Waals surface area contributed by atoms with E-state index in [1.54, 1.807) is 6.92 Å². The number of rotatable bonds is 8. The fraction of sp³-hybridized carbons (Fsp3) is 0.857. The maximum atomic E-state index is 11.7. The molecule has 0 aromatic heterocycles. The molecule has 1 amide bonds. The molecule has 0 atom stereocenters. The van der Waals surface area contributed by atoms with Crippen LogP contribution in [0, 0.1) is 0 Å². The van der Waals surface area contributed by atoms with Crippen molar-refractivity contribution < 1.29 is 14.3 Å². The third-order valence-corrected chi connectivity index (χ3v) is 3.31. The van der Waals surface area contributed by atoms with Crippen LogP contribution in [0.15, 0.2) is 0 Å². The van der Waals surface area contributed by atoms with Gasteiger partial charge >= 0.3 is 5.97 Å². The van der Waals surface area contributed by atoms with Crippen LogP contribution < -0.4 is 10.6 Å². The second-order valence-corrected chi connectivity index (χ2v) is 4.96. The SMILES string of the molecule is CCOC(=O)CCNCCC(=O)NC1CCCCC1. The Kier molecular flexibility index (Phi) is 8.21. The van der Waals surface area contributed by atoms with Gasteiger partial charge in [0.05, 0.1) is 13.0 Å². The second kappa shape index (κ2) is 9.78. The summed E-state index contributed by atoms with van der Waals surface area (Å²) in [5.41, 5.74) is 0. The average Bonchev–Trinajstić information content (AvgIpc) is 2.40. The zero-order chi connectivity index (χ0) is 13.9. The highest BCUT2D eigenvalue weighted by molar-refractivity contribution is 5.76. The third kappa shape index (κ3) is 7.82. The first-order valence-corrected chi connectivity index (χ1v) is 7.38. The Morgan fingerprint density at radius 1 is 1.11 bits per heavy atom. The number of nitrogens with one attached hydrogen (secondary N) is 2. The number of carbonyl (C=O) groups excluding carboxylic acids is 2. The molecule has 0 aromatic carbocycles. The molecular weight excluding hydrogens is 244 g/mol. The minimum absolute atomic E-state index is 0.107. The molecule has 0 radical (unpaired) electrons. The minimum Gasteiger partial charge on any atom is -0.466 e. The number of amides is 1. The van der Waals surface area contributed by atoms with Gasteiger partial charge in [-0.1, -0.05) is 19.3 Å². The van der Waals surface area contributed by atoms with Crippen LogP contribution in [-0.2, 0) is 14.3 Å². The predicted molar refractivity (Wildman–Crippen MR) is 73.8 cm³/mol. The van der Waals surface area contributed by atoms with Crippen molar-refractivity contribution in [1.29, 1.82) is 0 Å². The monoisotopic (exact) mass is 270 g/mol. The molecule has 1 aliphatic carbocycles. The van der Waals surface area contributed by atoms with Crippen LogP contribution in [0.4, 0.5) is 0 Å². The summed E-state index contributed by atoms with van der Waals surface area (Å²) in [6.07, 6.45) is 6.80. The zero-order valence-electron chi connectivity index (χ0n) is 11.9. The van der Waals surface area contributed by atoms with Gasteiger partial charge in [0.2, 0.25) is 5.91 Å². The number of esters is 1. The maximum Gasteiger partial charge on any atom is 0.307 e. The molecule has 1 rings (SSSR count). The zero-order valence-corrected chi connectivity index (χ0v) is 11.9. The minimum atomic E-state index is -0.193. The molecule has 1 aliphatic rings. The van der Waals surface area contributed by atoms with Gasteiger partial charge in [-0.3, -0.25) is 9.59 Å². The standard InChI is InChI=1S/C14H26N2O3/c1-2-19-14(18)9-11-15-10-8-13(17)16-12-6-4-3-5-7-12/h12,15H,2-11H2,1H3,(H,16,17). The Bertz CT molecular complexity index is 276. The number of ether oxygens (including phenoxy) is 1. The highest BCUT2D eigenvalue weighted by atomic mass is 16.5. The molecule has 0 heterocycles. The topological polar surface area (TPSA) is 67.4 Å². The summed E-state index contributed by atoms with van der Waals surface area (Å²) in [7, 11) is 0. The van der Waals surface area contributed by atoms with Crippen molar-refractivity contribution >= 4 is 11.9 Å². The Morgan fingerprint density at radius 2 is 1.79 bits per heavy atom. The number of carbonyl (C=O) groups is 2. The van der Waals surface area contributed by atoms with Crippen LogP contribution in [0.1, 0.15) is 51.9 Å². The Hall–Kier alpha value is -1.10. The van der Waals surface area contributed by atoms with E-state index in [2.05, 4.69) is 10.6 Å². The van der Waals surface area contributed by atoms with Crippen molar-refractivity contribution in [3.05, 3.63) is 0 Å². The van der Waals surface area contributed by atoms with Crippen molar-refractivity contribution in [2.75, 3.05) is 19.7 Å². The average molecular weight is 270 g/mol. The van der Waals surface area contributed by atoms with Crippen LogP contribution in [0.2, 0.25) is 0 Å². The molecule has 0 aromatic rings. The van der Waals surface area contributed by atoms with Crippen molar-refractivity contribution in [2.24, 2.45) is 0 Å². The lowest BCUT2D eigenvalue weighted by atomic mass is 9.95. The van der Waals surface area contributed by atoms with Crippen molar-refractivity contribution in [1.82, 2.24) is 10.6 Å². The van der Waals surface area contributed by atoms with Gasteiger partial charge in [-0.05, 0) is 19.8 Å². The van der Waals surface area contributed by atoms with Crippen LogP contribution in [0.25, 0.3) is 0 Å². The summed E-state index contributed by atoms with van der Waals surface area (Å²) in [6, 6.07) is 0.376. The van der Waals surface area contributed by atoms with E-state index < -0.39 is 0 Å². The molecule has 0 saturated heterocycles. The molecule has 1 saturated carbocycles. The molecule has 0 unspecified atom stereocenters. The first-order valence-electron chi connectivity index (χ1n) is 7.38. The largest absolute Gasteiger partial charge is 0.466 e. The summed E-state index contributed by atoms with van der Waals surface area (Å²) < 4.78 is 4.81. The van der Waals surface area contributed by atoms with Gasteiger partial charge in [-0.15, -0.1) is 0 Å². The van der Waals surface area contributed by atoms with Gasteiger partial charge in [-0.25, -0.2) is 0 Å². The van der Waals surface area contributed by atoms with Crippen LogP contribution in [-0.4, -0.2) is 37.6 Å². The summed E-state index contributed by atoms with van der Waals surface area (Å²) in [5.74, 6) is -0.0859. The molecule has 0 spiro atoms. The summed E-state index contributed by atoms with van der Waals surface area (Å²) in [6.45, 7) is 3.39. The third-order valence-electron chi connectivity index (χ3n) is 3.31. The van der Waals surface area contributed by atoms with Crippen molar-refractivity contribution in [3.8, 4) is 0 Å². The first-order chi connectivity index (χ1) is 9.22. The number of hydrogen-bond acceptors (Lipinski definition) is 4. The lowest BCUT2D eigenvalue weighted by Gasteiger charge is -2.22. The molecule has 19 heavy (non-hydrogen) atoms. The smallest absolute Gasteiger partial charge is 0.307 e. The summed E-state index contributed by atoms with van der Waals surface area (Å²) >= 11 is 0. The quantitative estimate of drug-likeness (QED) is 0.516. The van der Waals surface area contributed by atoms with Crippen LogP contribution in [0.3, 0.4) is 0 Å². The Balaban J connectivity index is 1.96. The van der Waals surface area contributed by atoms with Crippen molar-refractivity contribution in [3.63, 3.8) is 0 Å². The molecule has 5 nitrogen and oxygen atoms in total. The molecule has 2 N–H and O–H groups in total. The molecule has 5 heteroatoms. The van der Waals surface area contributed by atoms with E-state index >= 15 is 0 Å². The van der Waals surface area contributed by atoms with E-state index in [0.717, 1.165) is 12.8 Å². The highest BCUT2D eigenvalue weighted by Gasteiger charge is 2.15. The lowest BCUT2D eigenvalue weighted by Crippen LogP contribution is -2.37. The van der Waals surface area contributed by atoms with E-state index in [1.807, 2.05) is 0 Å². The molecule has 1 fully saturated rings. The Morgan fingerprint density at radius 3 is 2.47 bits per heavy atom. The van der Waals surface area contributed by atoms with Gasteiger partial charge in [0.25, 0.3) is 0 Å². The van der Waals surface area contributed by atoms with Gasteiger partial charge in [0.15, 0.2) is 0 Å². The van der Waals surface area contributed by atoms with Gasteiger partial charge in [0, 0.05) is 25.6 Å². The van der Waals surface area contributed by atoms with Gasteiger partial charge in [-0.2, -0.15) is 0 Å². The van der Waals surface area contributed by atoms with Crippen molar-refractivity contribution in [2.45, 2.75) is 57.9 Å².